The average molecular weight is 646 g/mol. The van der Waals surface area contributed by atoms with Crippen molar-refractivity contribution in [1.82, 2.24) is 14.7 Å². The van der Waals surface area contributed by atoms with Gasteiger partial charge in [-0.3, -0.25) is 4.90 Å². The Morgan fingerprint density at radius 3 is 2.27 bits per heavy atom. The number of para-hydroxylation sites is 1. The number of amides is 2. The second kappa shape index (κ2) is 12.1. The van der Waals surface area contributed by atoms with Crippen molar-refractivity contribution in [3.63, 3.8) is 0 Å². The van der Waals surface area contributed by atoms with Crippen molar-refractivity contribution in [2.75, 3.05) is 5.32 Å². The molecule has 2 heterocycles. The molecule has 12 heteroatoms. The molecule has 1 aliphatic rings. The first-order valence-electron chi connectivity index (χ1n) is 14.5. The van der Waals surface area contributed by atoms with Gasteiger partial charge in [-0.05, 0) is 61.6 Å². The quantitative estimate of drug-likeness (QED) is 0.198. The molecule has 3 N–H and O–H groups in total. The van der Waals surface area contributed by atoms with Gasteiger partial charge < -0.3 is 11.1 Å². The lowest BCUT2D eigenvalue weighted by atomic mass is 9.87. The first-order chi connectivity index (χ1) is 21.1. The minimum absolute atomic E-state index is 0.0162. The van der Waals surface area contributed by atoms with Crippen molar-refractivity contribution in [2.45, 2.75) is 71.8 Å². The van der Waals surface area contributed by atoms with Crippen LogP contribution in [0.25, 0.3) is 16.9 Å². The van der Waals surface area contributed by atoms with Crippen LogP contribution >= 0.6 is 11.6 Å². The number of alkyl halides is 3. The molecular formula is C33H33ClF5N5O. The zero-order valence-corrected chi connectivity index (χ0v) is 26.0. The number of hydrogen-bond acceptors (Lipinski definition) is 3. The molecule has 3 aromatic carbocycles. The number of primary amides is 1. The minimum Gasteiger partial charge on any atom is -0.351 e. The van der Waals surface area contributed by atoms with Crippen LogP contribution in [0.3, 0.4) is 0 Å². The van der Waals surface area contributed by atoms with Crippen LogP contribution in [0.15, 0.2) is 48.5 Å². The maximum Gasteiger partial charge on any atom is 0.416 e. The fourth-order valence-electron chi connectivity index (χ4n) is 5.94. The molecular weight excluding hydrogens is 613 g/mol. The summed E-state index contributed by atoms with van der Waals surface area (Å²) in [6.07, 6.45) is -2.79. The predicted molar refractivity (Wildman–Crippen MR) is 164 cm³/mol. The number of nitrogens with two attached hydrogens (primary N) is 1. The van der Waals surface area contributed by atoms with E-state index in [9.17, 15) is 18.0 Å². The summed E-state index contributed by atoms with van der Waals surface area (Å²) in [6, 6.07) is 10.0. The van der Waals surface area contributed by atoms with Crippen LogP contribution in [0.4, 0.5) is 32.4 Å². The van der Waals surface area contributed by atoms with Gasteiger partial charge in [0.2, 0.25) is 0 Å². The van der Waals surface area contributed by atoms with Crippen LogP contribution in [0, 0.1) is 11.6 Å². The number of anilines is 1. The Kier molecular flexibility index (Phi) is 8.72. The van der Waals surface area contributed by atoms with E-state index in [4.69, 9.17) is 22.4 Å². The van der Waals surface area contributed by atoms with Gasteiger partial charge in [0.05, 0.1) is 28.3 Å². The van der Waals surface area contributed by atoms with Crippen LogP contribution in [0.1, 0.15) is 61.2 Å². The van der Waals surface area contributed by atoms with Crippen molar-refractivity contribution < 1.29 is 26.7 Å². The summed E-state index contributed by atoms with van der Waals surface area (Å²) >= 11 is 6.34. The molecule has 4 aromatic rings. The minimum atomic E-state index is -4.53. The summed E-state index contributed by atoms with van der Waals surface area (Å²) in [6.45, 7) is 8.43. The third-order valence-electron chi connectivity index (χ3n) is 8.36. The van der Waals surface area contributed by atoms with Gasteiger partial charge in [0.1, 0.15) is 11.6 Å². The van der Waals surface area contributed by atoms with E-state index in [1.807, 2.05) is 50.8 Å². The van der Waals surface area contributed by atoms with E-state index < -0.39 is 40.6 Å². The molecule has 0 saturated heterocycles. The second-order valence-corrected chi connectivity index (χ2v) is 12.2. The number of hydrogen-bond donors (Lipinski definition) is 2. The van der Waals surface area contributed by atoms with E-state index in [1.165, 1.54) is 6.07 Å². The summed E-state index contributed by atoms with van der Waals surface area (Å²) in [5, 5.41) is 7.10. The zero-order chi connectivity index (χ0) is 32.8. The third-order valence-corrected chi connectivity index (χ3v) is 8.71. The van der Waals surface area contributed by atoms with Gasteiger partial charge in [0, 0.05) is 47.3 Å². The number of fused-ring (bicyclic) bond motifs is 1. The number of carbonyl (C=O) groups is 1. The van der Waals surface area contributed by atoms with Gasteiger partial charge in [-0.15, -0.1) is 0 Å². The van der Waals surface area contributed by atoms with Crippen molar-refractivity contribution in [3.05, 3.63) is 98.7 Å². The fraction of sp³-hybridized carbons (Fsp3) is 0.333. The van der Waals surface area contributed by atoms with Crippen molar-refractivity contribution in [2.24, 2.45) is 5.73 Å². The summed E-state index contributed by atoms with van der Waals surface area (Å²) in [4.78, 5) is 13.4. The number of halogens is 6. The maximum atomic E-state index is 15.9. The highest BCUT2D eigenvalue weighted by atomic mass is 35.5. The molecule has 0 aliphatic carbocycles. The molecule has 0 saturated carbocycles. The predicted octanol–water partition coefficient (Wildman–Crippen LogP) is 8.44. The molecule has 5 rings (SSSR count). The van der Waals surface area contributed by atoms with Gasteiger partial charge in [0.25, 0.3) is 0 Å². The van der Waals surface area contributed by atoms with Crippen LogP contribution in [0.2, 0.25) is 5.02 Å². The molecule has 238 valence electrons. The van der Waals surface area contributed by atoms with Crippen molar-refractivity contribution in [3.8, 4) is 16.9 Å². The number of carbonyl (C=O) groups excluding carboxylic acids is 1. The van der Waals surface area contributed by atoms with E-state index in [0.29, 0.717) is 41.8 Å². The molecule has 0 spiro atoms. The van der Waals surface area contributed by atoms with Crippen molar-refractivity contribution >= 4 is 23.3 Å². The Labute approximate surface area is 263 Å². The standard InChI is InChI=1S/C33H33ClF5N5O/c1-5-18-8-7-9-19(6-2)29(18)44-30(22-13-26(36)27(14-25(22)35)41-31(40)45)23-17-43(32(3,4)15-28(23)42-44)16-20-10-11-21(12-24(20)34)33(37,38)39/h7-14H,5-6,15-17H2,1-4H3,(H3,40,41,45). The Morgan fingerprint density at radius 1 is 1.02 bits per heavy atom. The Bertz CT molecular complexity index is 1760. The zero-order valence-electron chi connectivity index (χ0n) is 25.2. The number of nitrogens with one attached hydrogen (secondary N) is 1. The molecule has 0 unspecified atom stereocenters. The van der Waals surface area contributed by atoms with Crippen molar-refractivity contribution in [1.29, 1.82) is 0 Å². The van der Waals surface area contributed by atoms with Gasteiger partial charge in [-0.2, -0.15) is 18.3 Å². The third kappa shape index (κ3) is 6.28. The number of rotatable bonds is 7. The fourth-order valence-corrected chi connectivity index (χ4v) is 6.18. The van der Waals surface area contributed by atoms with E-state index >= 15 is 8.78 Å². The molecule has 1 aliphatic heterocycles. The lowest BCUT2D eigenvalue weighted by molar-refractivity contribution is -0.137. The molecule has 45 heavy (non-hydrogen) atoms. The SMILES string of the molecule is CCc1cccc(CC)c1-n1nc2c(c1-c1cc(F)c(NC(N)=O)cc1F)CN(Cc1ccc(C(F)(F)F)cc1Cl)C(C)(C)C2. The van der Waals surface area contributed by atoms with Crippen LogP contribution < -0.4 is 11.1 Å². The summed E-state index contributed by atoms with van der Waals surface area (Å²) < 4.78 is 72.8. The Morgan fingerprint density at radius 2 is 1.69 bits per heavy atom. The van der Waals surface area contributed by atoms with E-state index in [-0.39, 0.29) is 23.7 Å². The van der Waals surface area contributed by atoms with E-state index in [0.717, 1.165) is 41.1 Å². The van der Waals surface area contributed by atoms with E-state index in [1.54, 1.807) is 4.68 Å². The topological polar surface area (TPSA) is 76.2 Å². The molecule has 0 atom stereocenters. The molecule has 0 fully saturated rings. The van der Waals surface area contributed by atoms with Gasteiger partial charge in [0.15, 0.2) is 0 Å². The average Bonchev–Trinajstić information content (AvgIpc) is 3.30. The number of urea groups is 1. The van der Waals surface area contributed by atoms with Gasteiger partial charge >= 0.3 is 12.2 Å². The molecule has 1 aromatic heterocycles. The highest BCUT2D eigenvalue weighted by molar-refractivity contribution is 6.31. The molecule has 0 radical (unpaired) electrons. The monoisotopic (exact) mass is 645 g/mol. The molecule has 2 amide bonds. The van der Waals surface area contributed by atoms with Crippen LogP contribution in [-0.2, 0) is 38.5 Å². The number of aromatic nitrogens is 2. The lowest BCUT2D eigenvalue weighted by Crippen LogP contribution is -2.47. The second-order valence-electron chi connectivity index (χ2n) is 11.8. The van der Waals surface area contributed by atoms with E-state index in [2.05, 4.69) is 5.32 Å². The molecule has 0 bridgehead atoms. The first-order valence-corrected chi connectivity index (χ1v) is 14.9. The Balaban J connectivity index is 1.70. The van der Waals surface area contributed by atoms with Crippen LogP contribution in [-0.4, -0.2) is 26.3 Å². The summed E-state index contributed by atoms with van der Waals surface area (Å²) in [5.74, 6) is -1.67. The maximum absolute atomic E-state index is 15.9. The summed E-state index contributed by atoms with van der Waals surface area (Å²) in [7, 11) is 0. The molecule has 6 nitrogen and oxygen atoms in total. The highest BCUT2D eigenvalue weighted by Gasteiger charge is 2.39. The summed E-state index contributed by atoms with van der Waals surface area (Å²) in [5.41, 5.74) is 8.24. The van der Waals surface area contributed by atoms with Gasteiger partial charge in [-0.1, -0.05) is 49.7 Å². The Hall–Kier alpha value is -3.96. The first kappa shape index (κ1) is 32.4. The number of benzene rings is 3. The van der Waals surface area contributed by atoms with Crippen LogP contribution in [0.5, 0.6) is 0 Å². The lowest BCUT2D eigenvalue weighted by Gasteiger charge is -2.42. The largest absolute Gasteiger partial charge is 0.416 e. The highest BCUT2D eigenvalue weighted by Crippen LogP contribution is 2.42. The van der Waals surface area contributed by atoms with Gasteiger partial charge in [-0.25, -0.2) is 18.3 Å². The number of nitrogens with zero attached hydrogens (tertiary/aromatic N) is 3. The smallest absolute Gasteiger partial charge is 0.351 e. The number of aryl methyl sites for hydroxylation is 2. The normalized spacial score (nSPS) is 14.8.